The molecule has 7 nitrogen and oxygen atoms in total. The number of nitrogens with zero attached hydrogens (tertiary/aromatic N) is 3. The van der Waals surface area contributed by atoms with E-state index in [0.717, 1.165) is 25.7 Å². The Morgan fingerprint density at radius 3 is 2.85 bits per heavy atom. The van der Waals surface area contributed by atoms with E-state index in [1.165, 1.54) is 17.0 Å². The van der Waals surface area contributed by atoms with Crippen LogP contribution in [0.3, 0.4) is 0 Å². The van der Waals surface area contributed by atoms with Gasteiger partial charge in [-0.25, -0.2) is 4.98 Å². The molecule has 0 aliphatic heterocycles. The van der Waals surface area contributed by atoms with Crippen LogP contribution in [0.5, 0.6) is 0 Å². The maximum atomic E-state index is 12.1. The monoisotopic (exact) mass is 275 g/mol. The highest BCUT2D eigenvalue weighted by molar-refractivity contribution is 5.91. The molecule has 2 aromatic rings. The number of H-pyrrole nitrogens is 1. The second-order valence-electron chi connectivity index (χ2n) is 5.27. The molecular formula is C13H17N5O2. The van der Waals surface area contributed by atoms with Crippen LogP contribution in [0.15, 0.2) is 10.9 Å². The van der Waals surface area contributed by atoms with E-state index in [1.807, 2.05) is 0 Å². The molecular weight excluding hydrogens is 258 g/mol. The Hall–Kier alpha value is -2.18. The third-order valence-corrected chi connectivity index (χ3v) is 3.68. The maximum absolute atomic E-state index is 12.1. The highest BCUT2D eigenvalue weighted by atomic mass is 16.2. The summed E-state index contributed by atoms with van der Waals surface area (Å²) in [6.45, 7) is 1.73. The smallest absolute Gasteiger partial charge is 0.274 e. The third kappa shape index (κ3) is 2.43. The first-order valence-electron chi connectivity index (χ1n) is 6.91. The minimum Gasteiger partial charge on any atom is -0.295 e. The summed E-state index contributed by atoms with van der Waals surface area (Å²) in [6.07, 6.45) is 5.23. The number of carbonyl (C=O) groups excluding carboxylic acids is 1. The molecule has 2 N–H and O–H groups in total. The first-order chi connectivity index (χ1) is 9.63. The number of hydrogen-bond acceptors (Lipinski definition) is 4. The highest BCUT2D eigenvalue weighted by Crippen LogP contribution is 2.24. The number of nitrogens with one attached hydrogen (secondary N) is 2. The van der Waals surface area contributed by atoms with Crippen LogP contribution in [0.4, 0.5) is 5.95 Å². The molecule has 0 spiro atoms. The molecule has 2 heterocycles. The van der Waals surface area contributed by atoms with Crippen molar-refractivity contribution in [2.75, 3.05) is 5.32 Å². The first-order valence-corrected chi connectivity index (χ1v) is 6.91. The molecule has 0 unspecified atom stereocenters. The van der Waals surface area contributed by atoms with Crippen molar-refractivity contribution in [3.05, 3.63) is 22.1 Å². The molecule has 1 fully saturated rings. The Balaban J connectivity index is 1.82. The lowest BCUT2D eigenvalue weighted by molar-refractivity contribution is -0.120. The van der Waals surface area contributed by atoms with Crippen LogP contribution >= 0.6 is 0 Å². The van der Waals surface area contributed by atoms with Crippen molar-refractivity contribution in [3.63, 3.8) is 0 Å². The Morgan fingerprint density at radius 1 is 1.35 bits per heavy atom. The molecule has 106 valence electrons. The fraction of sp³-hybridized carbons (Fsp3) is 0.538. The molecule has 3 rings (SSSR count). The van der Waals surface area contributed by atoms with Gasteiger partial charge in [0.1, 0.15) is 0 Å². The van der Waals surface area contributed by atoms with Gasteiger partial charge < -0.3 is 0 Å². The maximum Gasteiger partial charge on any atom is 0.274 e. The zero-order valence-electron chi connectivity index (χ0n) is 11.3. The number of aromatic nitrogens is 4. The number of aromatic amines is 1. The molecule has 0 radical (unpaired) electrons. The van der Waals surface area contributed by atoms with Crippen molar-refractivity contribution >= 4 is 17.6 Å². The summed E-state index contributed by atoms with van der Waals surface area (Å²) in [5.74, 6) is 0.557. The Labute approximate surface area is 115 Å². The van der Waals surface area contributed by atoms with Gasteiger partial charge in [-0.05, 0) is 19.8 Å². The lowest BCUT2D eigenvalue weighted by Crippen LogP contribution is -2.25. The van der Waals surface area contributed by atoms with Crippen molar-refractivity contribution in [2.45, 2.75) is 39.0 Å². The Bertz CT molecular complexity index is 696. The van der Waals surface area contributed by atoms with Crippen LogP contribution in [0, 0.1) is 12.8 Å². The minimum atomic E-state index is -0.238. The van der Waals surface area contributed by atoms with Crippen molar-refractivity contribution in [2.24, 2.45) is 5.92 Å². The van der Waals surface area contributed by atoms with Crippen molar-refractivity contribution in [3.8, 4) is 0 Å². The van der Waals surface area contributed by atoms with Gasteiger partial charge in [0.15, 0.2) is 0 Å². The molecule has 0 aromatic carbocycles. The van der Waals surface area contributed by atoms with E-state index in [0.29, 0.717) is 5.69 Å². The van der Waals surface area contributed by atoms with E-state index in [9.17, 15) is 9.59 Å². The zero-order chi connectivity index (χ0) is 14.1. The lowest BCUT2D eigenvalue weighted by Gasteiger charge is -2.19. The molecule has 20 heavy (non-hydrogen) atoms. The second kappa shape index (κ2) is 5.07. The molecule has 1 aliphatic carbocycles. The van der Waals surface area contributed by atoms with Crippen molar-refractivity contribution in [1.29, 1.82) is 0 Å². The molecule has 1 aliphatic rings. The Kier molecular flexibility index (Phi) is 3.25. The Morgan fingerprint density at radius 2 is 2.10 bits per heavy atom. The summed E-state index contributed by atoms with van der Waals surface area (Å²) < 4.78 is 1.23. The van der Waals surface area contributed by atoms with Crippen LogP contribution in [0.25, 0.3) is 5.78 Å². The summed E-state index contributed by atoms with van der Waals surface area (Å²) in [5, 5.41) is 5.50. The summed E-state index contributed by atoms with van der Waals surface area (Å²) in [6, 6.07) is 1.41. The number of aryl methyl sites for hydroxylation is 1. The quantitative estimate of drug-likeness (QED) is 0.862. The van der Waals surface area contributed by atoms with Gasteiger partial charge in [0.05, 0.1) is 0 Å². The van der Waals surface area contributed by atoms with Gasteiger partial charge in [-0.2, -0.15) is 9.50 Å². The average Bonchev–Trinajstić information content (AvgIpc) is 2.82. The van der Waals surface area contributed by atoms with E-state index in [-0.39, 0.29) is 29.1 Å². The number of hydrogen-bond donors (Lipinski definition) is 2. The number of rotatable bonds is 2. The van der Waals surface area contributed by atoms with Crippen LogP contribution in [0.1, 0.15) is 37.8 Å². The summed E-state index contributed by atoms with van der Waals surface area (Å²) in [7, 11) is 0. The predicted molar refractivity (Wildman–Crippen MR) is 73.5 cm³/mol. The van der Waals surface area contributed by atoms with Gasteiger partial charge in [0.2, 0.25) is 11.9 Å². The standard InChI is InChI=1S/C13H17N5O2/c1-8-7-10(19)18-13(14-8)16-12(17-18)15-11(20)9-5-3-2-4-6-9/h7,9H,2-6H2,1H3,(H2,14,15,16,17,20). The van der Waals surface area contributed by atoms with E-state index >= 15 is 0 Å². The number of amides is 1. The van der Waals surface area contributed by atoms with Gasteiger partial charge in [0.25, 0.3) is 11.3 Å². The van der Waals surface area contributed by atoms with E-state index in [1.54, 1.807) is 6.92 Å². The van der Waals surface area contributed by atoms with E-state index < -0.39 is 0 Å². The zero-order valence-corrected chi connectivity index (χ0v) is 11.3. The highest BCUT2D eigenvalue weighted by Gasteiger charge is 2.22. The second-order valence-corrected chi connectivity index (χ2v) is 5.27. The molecule has 2 aromatic heterocycles. The minimum absolute atomic E-state index is 0.0338. The van der Waals surface area contributed by atoms with Gasteiger partial charge >= 0.3 is 0 Å². The summed E-state index contributed by atoms with van der Waals surface area (Å²) >= 11 is 0. The normalized spacial score (nSPS) is 16.4. The van der Waals surface area contributed by atoms with Gasteiger partial charge in [-0.15, -0.1) is 0 Å². The topological polar surface area (TPSA) is 92.2 Å². The molecule has 0 saturated heterocycles. The van der Waals surface area contributed by atoms with Gasteiger partial charge in [-0.3, -0.25) is 20.0 Å². The van der Waals surface area contributed by atoms with Gasteiger partial charge in [0, 0.05) is 17.7 Å². The largest absolute Gasteiger partial charge is 0.295 e. The third-order valence-electron chi connectivity index (χ3n) is 3.68. The van der Waals surface area contributed by atoms with Crippen molar-refractivity contribution in [1.82, 2.24) is 19.6 Å². The summed E-state index contributed by atoms with van der Waals surface area (Å²) in [4.78, 5) is 32.1. The number of fused-ring (bicyclic) bond motifs is 1. The fourth-order valence-electron chi connectivity index (χ4n) is 2.63. The molecule has 0 atom stereocenters. The van der Waals surface area contributed by atoms with Crippen LogP contribution in [-0.2, 0) is 4.79 Å². The lowest BCUT2D eigenvalue weighted by atomic mass is 9.89. The average molecular weight is 275 g/mol. The SMILES string of the molecule is Cc1cc(=O)n2[nH]c(NC(=O)C3CCCCC3)nc2n1. The van der Waals surface area contributed by atoms with Crippen LogP contribution in [-0.4, -0.2) is 25.5 Å². The molecule has 1 saturated carbocycles. The predicted octanol–water partition coefficient (Wildman–Crippen LogP) is 1.24. The molecule has 1 amide bonds. The van der Waals surface area contributed by atoms with Crippen LogP contribution in [0.2, 0.25) is 0 Å². The van der Waals surface area contributed by atoms with Crippen molar-refractivity contribution < 1.29 is 4.79 Å². The van der Waals surface area contributed by atoms with Crippen LogP contribution < -0.4 is 10.9 Å². The first kappa shape index (κ1) is 12.8. The molecule has 0 bridgehead atoms. The van der Waals surface area contributed by atoms with E-state index in [2.05, 4.69) is 20.4 Å². The number of anilines is 1. The van der Waals surface area contributed by atoms with E-state index in [4.69, 9.17) is 0 Å². The molecule has 7 heteroatoms. The summed E-state index contributed by atoms with van der Waals surface area (Å²) in [5.41, 5.74) is 0.366. The van der Waals surface area contributed by atoms with Gasteiger partial charge in [-0.1, -0.05) is 19.3 Å². The fourth-order valence-corrected chi connectivity index (χ4v) is 2.63. The number of carbonyl (C=O) groups is 1.